The van der Waals surface area contributed by atoms with Crippen LogP contribution in [0, 0.1) is 5.92 Å². The largest absolute Gasteiger partial charge is 0.341 e. The molecule has 2 nitrogen and oxygen atoms in total. The Bertz CT molecular complexity index is 603. The van der Waals surface area contributed by atoms with Gasteiger partial charge in [0.25, 0.3) is 0 Å². The van der Waals surface area contributed by atoms with Gasteiger partial charge in [-0.1, -0.05) is 37.3 Å². The van der Waals surface area contributed by atoms with Crippen molar-refractivity contribution in [2.45, 2.75) is 26.3 Å². The molecule has 0 radical (unpaired) electrons. The fraction of sp³-hybridized carbons (Fsp3) is 0.368. The first-order chi connectivity index (χ1) is 10.2. The molecule has 0 amide bonds. The van der Waals surface area contributed by atoms with Crippen LogP contribution in [0.15, 0.2) is 48.5 Å². The highest BCUT2D eigenvalue weighted by atomic mass is 15.1. The lowest BCUT2D eigenvalue weighted by Crippen LogP contribution is -2.30. The molecule has 1 aliphatic heterocycles. The van der Waals surface area contributed by atoms with Crippen LogP contribution in [0.5, 0.6) is 0 Å². The van der Waals surface area contributed by atoms with Crippen LogP contribution in [0.25, 0.3) is 0 Å². The lowest BCUT2D eigenvalue weighted by Gasteiger charge is -2.35. The van der Waals surface area contributed by atoms with Crippen molar-refractivity contribution in [3.63, 3.8) is 0 Å². The number of hydrogen-bond acceptors (Lipinski definition) is 2. The van der Waals surface area contributed by atoms with Crippen molar-refractivity contribution in [3.05, 3.63) is 59.7 Å². The number of para-hydroxylation sites is 1. The molecule has 110 valence electrons. The minimum atomic E-state index is 0.395. The smallest absolute Gasteiger partial charge is 0.0443 e. The van der Waals surface area contributed by atoms with Gasteiger partial charge in [-0.3, -0.25) is 0 Å². The predicted octanol–water partition coefficient (Wildman–Crippen LogP) is 4.30. The summed E-state index contributed by atoms with van der Waals surface area (Å²) >= 11 is 0. The molecule has 0 fully saturated rings. The monoisotopic (exact) mass is 280 g/mol. The molecule has 0 aromatic heterocycles. The van der Waals surface area contributed by atoms with Gasteiger partial charge in [-0.2, -0.15) is 0 Å². The summed E-state index contributed by atoms with van der Waals surface area (Å²) in [5.41, 5.74) is 5.45. The molecule has 2 aromatic rings. The van der Waals surface area contributed by atoms with E-state index in [1.54, 1.807) is 0 Å². The van der Waals surface area contributed by atoms with E-state index in [1.165, 1.54) is 28.9 Å². The summed E-state index contributed by atoms with van der Waals surface area (Å²) in [4.78, 5) is 2.46. The zero-order valence-electron chi connectivity index (χ0n) is 13.1. The second-order valence-electron chi connectivity index (χ2n) is 6.15. The van der Waals surface area contributed by atoms with E-state index in [2.05, 4.69) is 72.6 Å². The Hall–Kier alpha value is -1.80. The van der Waals surface area contributed by atoms with E-state index in [4.69, 9.17) is 0 Å². The molecule has 2 heteroatoms. The van der Waals surface area contributed by atoms with Gasteiger partial charge in [0, 0.05) is 24.0 Å². The fourth-order valence-corrected chi connectivity index (χ4v) is 3.15. The Labute approximate surface area is 127 Å². The van der Waals surface area contributed by atoms with E-state index in [0.29, 0.717) is 12.0 Å². The first-order valence-electron chi connectivity index (χ1n) is 7.81. The predicted molar refractivity (Wildman–Crippen MR) is 90.2 cm³/mol. The van der Waals surface area contributed by atoms with Crippen molar-refractivity contribution in [2.75, 3.05) is 18.5 Å². The summed E-state index contributed by atoms with van der Waals surface area (Å²) in [5, 5.41) is 3.29. The van der Waals surface area contributed by atoms with Crippen LogP contribution in [0.4, 0.5) is 11.4 Å². The van der Waals surface area contributed by atoms with Crippen molar-refractivity contribution < 1.29 is 0 Å². The maximum Gasteiger partial charge on any atom is 0.0443 e. The van der Waals surface area contributed by atoms with Crippen LogP contribution in [0.2, 0.25) is 0 Å². The second kappa shape index (κ2) is 5.90. The van der Waals surface area contributed by atoms with Gasteiger partial charge >= 0.3 is 0 Å². The maximum atomic E-state index is 3.29. The molecular weight excluding hydrogens is 256 g/mol. The van der Waals surface area contributed by atoms with Gasteiger partial charge in [0.05, 0.1) is 0 Å². The van der Waals surface area contributed by atoms with Gasteiger partial charge in [-0.15, -0.1) is 0 Å². The van der Waals surface area contributed by atoms with Crippen LogP contribution in [-0.4, -0.2) is 13.6 Å². The molecule has 2 atom stereocenters. The van der Waals surface area contributed by atoms with Crippen LogP contribution in [0.1, 0.15) is 31.0 Å². The molecule has 2 unspecified atom stereocenters. The molecular formula is C19H24N2. The van der Waals surface area contributed by atoms with E-state index in [1.807, 2.05) is 7.05 Å². The molecule has 0 aliphatic carbocycles. The normalized spacial score (nSPS) is 19.2. The molecule has 0 spiro atoms. The van der Waals surface area contributed by atoms with Crippen molar-refractivity contribution >= 4 is 11.4 Å². The van der Waals surface area contributed by atoms with Gasteiger partial charge in [0.1, 0.15) is 0 Å². The first kappa shape index (κ1) is 14.2. The summed E-state index contributed by atoms with van der Waals surface area (Å²) in [6.07, 6.45) is 1.18. The summed E-state index contributed by atoms with van der Waals surface area (Å²) < 4.78 is 0. The highest BCUT2D eigenvalue weighted by Gasteiger charge is 2.22. The molecule has 0 bridgehead atoms. The Morgan fingerprint density at radius 2 is 1.81 bits per heavy atom. The summed E-state index contributed by atoms with van der Waals surface area (Å²) in [5.74, 6) is 0.691. The Balaban J connectivity index is 1.93. The van der Waals surface area contributed by atoms with Gasteiger partial charge in [-0.25, -0.2) is 0 Å². The molecule has 21 heavy (non-hydrogen) atoms. The third-order valence-corrected chi connectivity index (χ3v) is 4.48. The van der Waals surface area contributed by atoms with Crippen LogP contribution in [0.3, 0.4) is 0 Å². The van der Waals surface area contributed by atoms with Crippen molar-refractivity contribution in [1.29, 1.82) is 0 Å². The van der Waals surface area contributed by atoms with Crippen molar-refractivity contribution in [1.82, 2.24) is 5.32 Å². The number of anilines is 2. The molecule has 2 aromatic carbocycles. The zero-order chi connectivity index (χ0) is 14.8. The molecule has 1 heterocycles. The minimum absolute atomic E-state index is 0.395. The van der Waals surface area contributed by atoms with Gasteiger partial charge in [0.15, 0.2) is 0 Å². The number of benzene rings is 2. The SMILES string of the molecule is CNC(C)c1ccc(N2CC(C)Cc3ccccc32)cc1. The first-order valence-corrected chi connectivity index (χ1v) is 7.81. The highest BCUT2D eigenvalue weighted by Crippen LogP contribution is 2.35. The van der Waals surface area contributed by atoms with Crippen molar-refractivity contribution in [2.24, 2.45) is 5.92 Å². The lowest BCUT2D eigenvalue weighted by molar-refractivity contribution is 0.562. The molecule has 1 N–H and O–H groups in total. The topological polar surface area (TPSA) is 15.3 Å². The highest BCUT2D eigenvalue weighted by molar-refractivity contribution is 5.68. The average Bonchev–Trinajstić information content (AvgIpc) is 2.53. The van der Waals surface area contributed by atoms with Crippen molar-refractivity contribution in [3.8, 4) is 0 Å². The van der Waals surface area contributed by atoms with E-state index in [0.717, 1.165) is 6.54 Å². The van der Waals surface area contributed by atoms with E-state index in [-0.39, 0.29) is 0 Å². The molecule has 3 rings (SSSR count). The van der Waals surface area contributed by atoms with E-state index >= 15 is 0 Å². The molecule has 1 aliphatic rings. The quantitative estimate of drug-likeness (QED) is 0.902. The third-order valence-electron chi connectivity index (χ3n) is 4.48. The summed E-state index contributed by atoms with van der Waals surface area (Å²) in [7, 11) is 2.00. The second-order valence-corrected chi connectivity index (χ2v) is 6.15. The molecule has 0 saturated carbocycles. The standard InChI is InChI=1S/C19H24N2/c1-14-12-17-6-4-5-7-19(17)21(13-14)18-10-8-16(9-11-18)15(2)20-3/h4-11,14-15,20H,12-13H2,1-3H3. The van der Waals surface area contributed by atoms with Crippen LogP contribution in [-0.2, 0) is 6.42 Å². The Kier molecular flexibility index (Phi) is 3.98. The van der Waals surface area contributed by atoms with Crippen LogP contribution < -0.4 is 10.2 Å². The van der Waals surface area contributed by atoms with E-state index in [9.17, 15) is 0 Å². The molecule has 0 saturated heterocycles. The average molecular weight is 280 g/mol. The van der Waals surface area contributed by atoms with Gasteiger partial charge in [0.2, 0.25) is 0 Å². The van der Waals surface area contributed by atoms with Gasteiger partial charge < -0.3 is 10.2 Å². The van der Waals surface area contributed by atoms with Crippen LogP contribution >= 0.6 is 0 Å². The number of nitrogens with zero attached hydrogens (tertiary/aromatic N) is 1. The summed E-state index contributed by atoms with van der Waals surface area (Å²) in [6, 6.07) is 18.1. The number of nitrogens with one attached hydrogen (secondary N) is 1. The van der Waals surface area contributed by atoms with Gasteiger partial charge in [-0.05, 0) is 55.6 Å². The minimum Gasteiger partial charge on any atom is -0.341 e. The zero-order valence-corrected chi connectivity index (χ0v) is 13.1. The number of fused-ring (bicyclic) bond motifs is 1. The fourth-order valence-electron chi connectivity index (χ4n) is 3.15. The maximum absolute atomic E-state index is 3.29. The lowest BCUT2D eigenvalue weighted by atomic mass is 9.93. The third kappa shape index (κ3) is 2.81. The number of rotatable bonds is 3. The summed E-state index contributed by atoms with van der Waals surface area (Å²) in [6.45, 7) is 5.62. The Morgan fingerprint density at radius 1 is 1.10 bits per heavy atom. The number of hydrogen-bond donors (Lipinski definition) is 1. The van der Waals surface area contributed by atoms with E-state index < -0.39 is 0 Å². The Morgan fingerprint density at radius 3 is 2.52 bits per heavy atom.